The van der Waals surface area contributed by atoms with E-state index in [1.54, 1.807) is 19.9 Å². The highest BCUT2D eigenvalue weighted by Crippen LogP contribution is 2.39. The van der Waals surface area contributed by atoms with E-state index in [1.165, 1.54) is 24.3 Å². The second-order valence-electron chi connectivity index (χ2n) is 6.15. The van der Waals surface area contributed by atoms with Crippen molar-refractivity contribution in [1.82, 2.24) is 5.32 Å². The van der Waals surface area contributed by atoms with Crippen LogP contribution in [0, 0.1) is 5.82 Å². The molecule has 0 saturated heterocycles. The molecular formula is C18H18FNO3. The number of rotatable bonds is 2. The van der Waals surface area contributed by atoms with Gasteiger partial charge in [-0.3, -0.25) is 4.79 Å². The number of hydrogen-bond donors (Lipinski definition) is 2. The topological polar surface area (TPSA) is 58.6 Å². The van der Waals surface area contributed by atoms with Crippen LogP contribution < -0.4 is 10.1 Å². The van der Waals surface area contributed by atoms with E-state index in [0.717, 1.165) is 5.56 Å². The Bertz CT molecular complexity index is 727. The van der Waals surface area contributed by atoms with Crippen LogP contribution in [0.5, 0.6) is 5.75 Å². The summed E-state index contributed by atoms with van der Waals surface area (Å²) in [4.78, 5) is 12.4. The SMILES string of the molecule is CC1(C)Oc2ccccc2[C@@H](NC(=O)c2ccc(F)cc2)[C@@H]1O. The zero-order valence-electron chi connectivity index (χ0n) is 12.9. The summed E-state index contributed by atoms with van der Waals surface area (Å²) in [6.07, 6.45) is -0.915. The summed E-state index contributed by atoms with van der Waals surface area (Å²) in [5.41, 5.74) is 0.213. The van der Waals surface area contributed by atoms with Gasteiger partial charge in [-0.2, -0.15) is 0 Å². The maximum Gasteiger partial charge on any atom is 0.251 e. The monoisotopic (exact) mass is 315 g/mol. The van der Waals surface area contributed by atoms with Gasteiger partial charge in [0.2, 0.25) is 0 Å². The Kier molecular flexibility index (Phi) is 3.82. The molecule has 2 aromatic rings. The van der Waals surface area contributed by atoms with E-state index in [9.17, 15) is 14.3 Å². The Hall–Kier alpha value is -2.40. The predicted molar refractivity (Wildman–Crippen MR) is 83.8 cm³/mol. The molecule has 1 aliphatic rings. The van der Waals surface area contributed by atoms with Crippen LogP contribution in [0.2, 0.25) is 0 Å². The van der Waals surface area contributed by atoms with Gasteiger partial charge in [0.15, 0.2) is 0 Å². The standard InChI is InChI=1S/C18H18FNO3/c1-18(2)16(21)15(13-5-3-4-6-14(13)23-18)20-17(22)11-7-9-12(19)10-8-11/h3-10,15-16,21H,1-2H3,(H,20,22)/t15-,16+/m1/s1. The molecule has 120 valence electrons. The van der Waals surface area contributed by atoms with E-state index in [0.29, 0.717) is 11.3 Å². The fourth-order valence-corrected chi connectivity index (χ4v) is 2.73. The molecule has 1 aliphatic heterocycles. The molecule has 2 aromatic carbocycles. The molecule has 0 bridgehead atoms. The Labute approximate surface area is 133 Å². The zero-order valence-corrected chi connectivity index (χ0v) is 12.9. The number of ether oxygens (including phenoxy) is 1. The number of hydrogen-bond acceptors (Lipinski definition) is 3. The second-order valence-corrected chi connectivity index (χ2v) is 6.15. The maximum atomic E-state index is 13.0. The number of benzene rings is 2. The van der Waals surface area contributed by atoms with Gasteiger partial charge in [-0.05, 0) is 44.2 Å². The van der Waals surface area contributed by atoms with Gasteiger partial charge >= 0.3 is 0 Å². The van der Waals surface area contributed by atoms with E-state index < -0.39 is 23.6 Å². The van der Waals surface area contributed by atoms with Crippen molar-refractivity contribution < 1.29 is 19.0 Å². The van der Waals surface area contributed by atoms with Gasteiger partial charge in [-0.25, -0.2) is 4.39 Å². The number of nitrogens with one attached hydrogen (secondary N) is 1. The number of fused-ring (bicyclic) bond motifs is 1. The third-order valence-corrected chi connectivity index (χ3v) is 4.05. The molecule has 1 amide bonds. The first kappa shape index (κ1) is 15.5. The molecule has 0 fully saturated rings. The number of halogens is 1. The fourth-order valence-electron chi connectivity index (χ4n) is 2.73. The summed E-state index contributed by atoms with van der Waals surface area (Å²) < 4.78 is 18.8. The summed E-state index contributed by atoms with van der Waals surface area (Å²) in [6, 6.07) is 12.0. The first-order valence-corrected chi connectivity index (χ1v) is 7.41. The molecule has 2 atom stereocenters. The molecule has 0 saturated carbocycles. The van der Waals surface area contributed by atoms with Crippen LogP contribution in [0.25, 0.3) is 0 Å². The van der Waals surface area contributed by atoms with Gasteiger partial charge < -0.3 is 15.2 Å². The highest BCUT2D eigenvalue weighted by Gasteiger charge is 2.43. The van der Waals surface area contributed by atoms with Crippen LogP contribution in [0.15, 0.2) is 48.5 Å². The molecule has 4 nitrogen and oxygen atoms in total. The zero-order chi connectivity index (χ0) is 16.6. The van der Waals surface area contributed by atoms with Crippen molar-refractivity contribution in [2.75, 3.05) is 0 Å². The highest BCUT2D eigenvalue weighted by atomic mass is 19.1. The second kappa shape index (κ2) is 5.66. The van der Waals surface area contributed by atoms with Gasteiger partial charge in [0, 0.05) is 11.1 Å². The third kappa shape index (κ3) is 2.92. The summed E-state index contributed by atoms with van der Waals surface area (Å²) in [5, 5.41) is 13.4. The molecule has 5 heteroatoms. The van der Waals surface area contributed by atoms with Crippen molar-refractivity contribution >= 4 is 5.91 Å². The summed E-state index contributed by atoms with van der Waals surface area (Å²) >= 11 is 0. The normalized spacial score (nSPS) is 21.9. The quantitative estimate of drug-likeness (QED) is 0.896. The van der Waals surface area contributed by atoms with Gasteiger partial charge in [-0.1, -0.05) is 18.2 Å². The predicted octanol–water partition coefficient (Wildman–Crippen LogP) is 2.83. The van der Waals surface area contributed by atoms with Gasteiger partial charge in [-0.15, -0.1) is 0 Å². The Morgan fingerprint density at radius 2 is 1.83 bits per heavy atom. The smallest absolute Gasteiger partial charge is 0.251 e. The van der Waals surface area contributed by atoms with Crippen molar-refractivity contribution in [3.63, 3.8) is 0 Å². The first-order valence-electron chi connectivity index (χ1n) is 7.41. The average Bonchev–Trinajstić information content (AvgIpc) is 2.52. The third-order valence-electron chi connectivity index (χ3n) is 4.05. The summed E-state index contributed by atoms with van der Waals surface area (Å²) in [6.45, 7) is 3.54. The maximum absolute atomic E-state index is 13.0. The Balaban J connectivity index is 1.91. The van der Waals surface area contributed by atoms with E-state index in [4.69, 9.17) is 4.74 Å². The summed E-state index contributed by atoms with van der Waals surface area (Å²) in [5.74, 6) is -0.145. The van der Waals surface area contributed by atoms with Crippen LogP contribution in [-0.4, -0.2) is 22.7 Å². The van der Waals surface area contributed by atoms with E-state index >= 15 is 0 Å². The fraction of sp³-hybridized carbons (Fsp3) is 0.278. The minimum Gasteiger partial charge on any atom is -0.485 e. The molecule has 0 spiro atoms. The van der Waals surface area contributed by atoms with Crippen LogP contribution in [-0.2, 0) is 0 Å². The number of para-hydroxylation sites is 1. The number of carbonyl (C=O) groups excluding carboxylic acids is 1. The van der Waals surface area contributed by atoms with Crippen LogP contribution in [0.3, 0.4) is 0 Å². The number of carbonyl (C=O) groups is 1. The van der Waals surface area contributed by atoms with Crippen molar-refractivity contribution in [3.8, 4) is 5.75 Å². The first-order chi connectivity index (χ1) is 10.9. The molecule has 0 aliphatic carbocycles. The molecule has 0 aromatic heterocycles. The van der Waals surface area contributed by atoms with Crippen molar-refractivity contribution in [1.29, 1.82) is 0 Å². The van der Waals surface area contributed by atoms with Gasteiger partial charge in [0.1, 0.15) is 23.3 Å². The van der Waals surface area contributed by atoms with Crippen LogP contribution in [0.4, 0.5) is 4.39 Å². The molecule has 23 heavy (non-hydrogen) atoms. The van der Waals surface area contributed by atoms with E-state index in [1.807, 2.05) is 18.2 Å². The Morgan fingerprint density at radius 1 is 1.17 bits per heavy atom. The Morgan fingerprint density at radius 3 is 2.52 bits per heavy atom. The largest absolute Gasteiger partial charge is 0.485 e. The minimum absolute atomic E-state index is 0.334. The molecule has 3 rings (SSSR count). The minimum atomic E-state index is -0.915. The molecule has 0 radical (unpaired) electrons. The van der Waals surface area contributed by atoms with E-state index in [-0.39, 0.29) is 5.91 Å². The van der Waals surface area contributed by atoms with Crippen LogP contribution >= 0.6 is 0 Å². The van der Waals surface area contributed by atoms with Crippen molar-refractivity contribution in [2.24, 2.45) is 0 Å². The van der Waals surface area contributed by atoms with Crippen molar-refractivity contribution in [3.05, 3.63) is 65.5 Å². The van der Waals surface area contributed by atoms with Crippen molar-refractivity contribution in [2.45, 2.75) is 31.6 Å². The molecule has 0 unspecified atom stereocenters. The lowest BCUT2D eigenvalue weighted by molar-refractivity contribution is -0.0627. The van der Waals surface area contributed by atoms with Crippen LogP contribution in [0.1, 0.15) is 35.8 Å². The van der Waals surface area contributed by atoms with E-state index in [2.05, 4.69) is 5.32 Å². The number of amides is 1. The van der Waals surface area contributed by atoms with Gasteiger partial charge in [0.05, 0.1) is 6.04 Å². The number of aliphatic hydroxyl groups is 1. The lowest BCUT2D eigenvalue weighted by atomic mass is 9.86. The molecular weight excluding hydrogens is 297 g/mol. The lowest BCUT2D eigenvalue weighted by Gasteiger charge is -2.42. The van der Waals surface area contributed by atoms with Gasteiger partial charge in [0.25, 0.3) is 5.91 Å². The number of aliphatic hydroxyl groups excluding tert-OH is 1. The average molecular weight is 315 g/mol. The lowest BCUT2D eigenvalue weighted by Crippen LogP contribution is -2.53. The highest BCUT2D eigenvalue weighted by molar-refractivity contribution is 5.94. The molecule has 1 heterocycles. The molecule has 2 N–H and O–H groups in total. The summed E-state index contributed by atoms with van der Waals surface area (Å²) in [7, 11) is 0.